The highest BCUT2D eigenvalue weighted by molar-refractivity contribution is 7.99. The van der Waals surface area contributed by atoms with Gasteiger partial charge < -0.3 is 10.1 Å². The lowest BCUT2D eigenvalue weighted by Crippen LogP contribution is -2.48. The van der Waals surface area contributed by atoms with Crippen LogP contribution in [-0.2, 0) is 14.3 Å². The highest BCUT2D eigenvalue weighted by Crippen LogP contribution is 2.56. The van der Waals surface area contributed by atoms with Crippen LogP contribution in [0.25, 0.3) is 0 Å². The number of para-hydroxylation sites is 1. The van der Waals surface area contributed by atoms with Gasteiger partial charge in [0.15, 0.2) is 6.61 Å². The summed E-state index contributed by atoms with van der Waals surface area (Å²) in [6.07, 6.45) is 5.97. The Morgan fingerprint density at radius 1 is 1.11 bits per heavy atom. The van der Waals surface area contributed by atoms with Gasteiger partial charge in [-0.05, 0) is 67.9 Å². The topological polar surface area (TPSA) is 79.2 Å². The summed E-state index contributed by atoms with van der Waals surface area (Å²) >= 11 is 1.37. The number of esters is 1. The number of ether oxygens (including phenoxy) is 1. The van der Waals surface area contributed by atoms with E-state index < -0.39 is 0 Å². The predicted molar refractivity (Wildman–Crippen MR) is 103 cm³/mol. The maximum atomic E-state index is 12.7. The van der Waals surface area contributed by atoms with E-state index >= 15 is 0 Å². The van der Waals surface area contributed by atoms with Crippen LogP contribution in [0.5, 0.6) is 0 Å². The van der Waals surface area contributed by atoms with E-state index in [9.17, 15) is 9.59 Å². The van der Waals surface area contributed by atoms with E-state index in [1.165, 1.54) is 18.2 Å². The minimum absolute atomic E-state index is 0.0101. The largest absolute Gasteiger partial charge is 0.455 e. The highest BCUT2D eigenvalue weighted by atomic mass is 32.2. The lowest BCUT2D eigenvalue weighted by Gasteiger charge is -2.53. The summed E-state index contributed by atoms with van der Waals surface area (Å²) in [4.78, 5) is 25.8. The minimum Gasteiger partial charge on any atom is -0.455 e. The summed E-state index contributed by atoms with van der Waals surface area (Å²) in [6, 6.07) is 9.42. The van der Waals surface area contributed by atoms with Gasteiger partial charge in [-0.3, -0.25) is 9.59 Å². The van der Waals surface area contributed by atoms with Crippen molar-refractivity contribution in [1.29, 1.82) is 5.26 Å². The molecule has 0 radical (unpaired) electrons. The van der Waals surface area contributed by atoms with Crippen LogP contribution < -0.4 is 5.32 Å². The summed E-state index contributed by atoms with van der Waals surface area (Å²) in [7, 11) is 0. The Labute approximate surface area is 163 Å². The number of carbonyl (C=O) groups excluding carboxylic acids is 2. The van der Waals surface area contributed by atoms with Crippen LogP contribution in [-0.4, -0.2) is 24.2 Å². The number of nitrogens with one attached hydrogen (secondary N) is 1. The van der Waals surface area contributed by atoms with Crippen molar-refractivity contribution in [3.8, 4) is 6.07 Å². The van der Waals surface area contributed by atoms with Crippen LogP contribution in [0.15, 0.2) is 29.2 Å². The molecule has 4 saturated carbocycles. The van der Waals surface area contributed by atoms with E-state index in [1.807, 2.05) is 18.2 Å². The van der Waals surface area contributed by atoms with E-state index in [-0.39, 0.29) is 24.4 Å². The summed E-state index contributed by atoms with van der Waals surface area (Å²) in [5.74, 6) is 2.31. The normalized spacial score (nSPS) is 30.6. The summed E-state index contributed by atoms with van der Waals surface area (Å²) in [5, 5.41) is 11.5. The average Bonchev–Trinajstić information content (AvgIpc) is 2.65. The Kier molecular flexibility index (Phi) is 5.40. The van der Waals surface area contributed by atoms with Gasteiger partial charge in [0.05, 0.1) is 23.4 Å². The second kappa shape index (κ2) is 7.93. The molecule has 4 bridgehead atoms. The van der Waals surface area contributed by atoms with Crippen molar-refractivity contribution in [2.45, 2.75) is 37.0 Å². The summed E-state index contributed by atoms with van der Waals surface area (Å²) in [5.41, 5.74) is 0.647. The van der Waals surface area contributed by atoms with Crippen LogP contribution in [0, 0.1) is 40.9 Å². The van der Waals surface area contributed by atoms with Gasteiger partial charge >= 0.3 is 5.97 Å². The third-order valence-corrected chi connectivity index (χ3v) is 7.24. The lowest BCUT2D eigenvalue weighted by molar-refractivity contribution is -0.164. The monoisotopic (exact) mass is 384 g/mol. The third-order valence-electron chi connectivity index (χ3n) is 6.30. The van der Waals surface area contributed by atoms with Crippen molar-refractivity contribution < 1.29 is 14.3 Å². The molecule has 5 nitrogen and oxygen atoms in total. The van der Waals surface area contributed by atoms with Crippen LogP contribution in [0.2, 0.25) is 0 Å². The van der Waals surface area contributed by atoms with Gasteiger partial charge in [-0.15, -0.1) is 11.8 Å². The quantitative estimate of drug-likeness (QED) is 0.595. The van der Waals surface area contributed by atoms with Crippen LogP contribution >= 0.6 is 11.8 Å². The molecule has 0 unspecified atom stereocenters. The molecule has 0 spiro atoms. The van der Waals surface area contributed by atoms with E-state index in [0.717, 1.165) is 42.4 Å². The van der Waals surface area contributed by atoms with E-state index in [0.29, 0.717) is 23.3 Å². The standard InChI is InChI=1S/C21H24N2O3S/c22-5-6-27-18-4-2-1-3-17(18)23-19(24)12-26-21(25)20-15-8-13-7-14(10-15)11-16(20)9-13/h1-4,13-16,20H,6-12H2,(H,23,24). The molecule has 4 aliphatic rings. The molecule has 0 heterocycles. The number of anilines is 1. The molecule has 0 aliphatic heterocycles. The third kappa shape index (κ3) is 3.98. The molecule has 27 heavy (non-hydrogen) atoms. The molecular formula is C21H24N2O3S. The van der Waals surface area contributed by atoms with Crippen LogP contribution in [0.4, 0.5) is 5.69 Å². The van der Waals surface area contributed by atoms with E-state index in [1.54, 1.807) is 6.07 Å². The molecule has 1 aromatic rings. The maximum Gasteiger partial charge on any atom is 0.310 e. The molecule has 4 fully saturated rings. The van der Waals surface area contributed by atoms with Gasteiger partial charge in [-0.1, -0.05) is 12.1 Å². The van der Waals surface area contributed by atoms with Crippen LogP contribution in [0.1, 0.15) is 32.1 Å². The number of hydrogen-bond donors (Lipinski definition) is 1. The Hall–Kier alpha value is -2.00. The number of nitriles is 1. The molecule has 1 amide bonds. The van der Waals surface area contributed by atoms with E-state index in [4.69, 9.17) is 10.00 Å². The Morgan fingerprint density at radius 2 is 1.78 bits per heavy atom. The number of amides is 1. The highest BCUT2D eigenvalue weighted by Gasteiger charge is 2.51. The first-order chi connectivity index (χ1) is 13.1. The zero-order valence-electron chi connectivity index (χ0n) is 15.2. The molecule has 1 N–H and O–H groups in total. The van der Waals surface area contributed by atoms with Crippen LogP contribution in [0.3, 0.4) is 0 Å². The van der Waals surface area contributed by atoms with Crippen molar-refractivity contribution in [2.75, 3.05) is 17.7 Å². The number of carbonyl (C=O) groups is 2. The molecule has 0 saturated heterocycles. The molecule has 0 aromatic heterocycles. The molecular weight excluding hydrogens is 360 g/mol. The second-order valence-corrected chi connectivity index (χ2v) is 9.07. The van der Waals surface area contributed by atoms with Gasteiger partial charge in [-0.25, -0.2) is 0 Å². The Morgan fingerprint density at radius 3 is 2.44 bits per heavy atom. The van der Waals surface area contributed by atoms with Crippen molar-refractivity contribution in [3.63, 3.8) is 0 Å². The van der Waals surface area contributed by atoms with E-state index in [2.05, 4.69) is 11.4 Å². The fourth-order valence-corrected chi connectivity index (χ4v) is 6.20. The number of hydrogen-bond acceptors (Lipinski definition) is 5. The fourth-order valence-electron chi connectivity index (χ4n) is 5.54. The Bertz CT molecular complexity index is 745. The minimum atomic E-state index is -0.336. The fraction of sp³-hybridized carbons (Fsp3) is 0.571. The second-order valence-electron chi connectivity index (χ2n) is 8.06. The molecule has 1 aromatic carbocycles. The smallest absolute Gasteiger partial charge is 0.310 e. The zero-order valence-corrected chi connectivity index (χ0v) is 16.0. The first-order valence-electron chi connectivity index (χ1n) is 9.69. The molecule has 4 aliphatic carbocycles. The van der Waals surface area contributed by atoms with Gasteiger partial charge in [0.1, 0.15) is 0 Å². The molecule has 6 heteroatoms. The van der Waals surface area contributed by atoms with Gasteiger partial charge in [0.25, 0.3) is 5.91 Å². The number of nitrogens with zero attached hydrogens (tertiary/aromatic N) is 1. The first kappa shape index (κ1) is 18.4. The maximum absolute atomic E-state index is 12.7. The van der Waals surface area contributed by atoms with Gasteiger partial charge in [0.2, 0.25) is 0 Å². The van der Waals surface area contributed by atoms with Crippen molar-refractivity contribution in [2.24, 2.45) is 29.6 Å². The number of rotatable bonds is 6. The first-order valence-corrected chi connectivity index (χ1v) is 10.7. The zero-order chi connectivity index (χ0) is 18.8. The SMILES string of the molecule is N#CCSc1ccccc1NC(=O)COC(=O)C1C2CC3CC(C2)CC1C3. The lowest BCUT2D eigenvalue weighted by atomic mass is 9.52. The number of benzene rings is 1. The molecule has 5 rings (SSSR count). The van der Waals surface area contributed by atoms with Gasteiger partial charge in [-0.2, -0.15) is 5.26 Å². The Balaban J connectivity index is 1.31. The molecule has 142 valence electrons. The van der Waals surface area contributed by atoms with Crippen molar-refractivity contribution >= 4 is 29.3 Å². The van der Waals surface area contributed by atoms with Crippen molar-refractivity contribution in [1.82, 2.24) is 0 Å². The van der Waals surface area contributed by atoms with Crippen molar-refractivity contribution in [3.05, 3.63) is 24.3 Å². The summed E-state index contributed by atoms with van der Waals surface area (Å²) < 4.78 is 5.41. The molecule has 0 atom stereocenters. The summed E-state index contributed by atoms with van der Waals surface area (Å²) in [6.45, 7) is -0.251. The predicted octanol–water partition coefficient (Wildman–Crippen LogP) is 3.86. The number of thioether (sulfide) groups is 1. The average molecular weight is 385 g/mol. The van der Waals surface area contributed by atoms with Gasteiger partial charge in [0, 0.05) is 4.90 Å².